The van der Waals surface area contributed by atoms with E-state index in [1.54, 1.807) is 32.4 Å². The molecule has 0 aromatic heterocycles. The molecule has 2 N–H and O–H groups in total. The fraction of sp³-hybridized carbons (Fsp3) is 0.364. The average Bonchev–Trinajstić information content (AvgIpc) is 3.56. The second-order valence-corrected chi connectivity index (χ2v) is 6.96. The van der Waals surface area contributed by atoms with Gasteiger partial charge in [0.2, 0.25) is 11.8 Å². The van der Waals surface area contributed by atoms with E-state index < -0.39 is 5.41 Å². The van der Waals surface area contributed by atoms with Crippen molar-refractivity contribution in [3.8, 4) is 17.2 Å². The summed E-state index contributed by atoms with van der Waals surface area (Å²) in [6, 6.07) is 12.8. The standard InChI is InChI=1S/C22H26N2O5/c1-27-16-6-4-5-15(13-16)9-12-23-20(25)22(10-11-22)21(26)24-18-8-7-17(28-2)14-19(18)29-3/h4-8,13-14H,9-12H2,1-3H3,(H,23,25)(H,24,26). The highest BCUT2D eigenvalue weighted by molar-refractivity contribution is 6.13. The van der Waals surface area contributed by atoms with Crippen LogP contribution >= 0.6 is 0 Å². The number of anilines is 1. The number of amides is 2. The van der Waals surface area contributed by atoms with Crippen molar-refractivity contribution < 1.29 is 23.8 Å². The van der Waals surface area contributed by atoms with Gasteiger partial charge in [0, 0.05) is 12.6 Å². The predicted molar refractivity (Wildman–Crippen MR) is 110 cm³/mol. The zero-order valence-electron chi connectivity index (χ0n) is 16.9. The fourth-order valence-electron chi connectivity index (χ4n) is 3.14. The van der Waals surface area contributed by atoms with Gasteiger partial charge in [0.05, 0.1) is 27.0 Å². The normalized spacial score (nSPS) is 13.9. The van der Waals surface area contributed by atoms with Crippen LogP contribution in [0.5, 0.6) is 17.2 Å². The van der Waals surface area contributed by atoms with Gasteiger partial charge in [-0.3, -0.25) is 9.59 Å². The maximum absolute atomic E-state index is 12.8. The molecule has 154 valence electrons. The highest BCUT2D eigenvalue weighted by atomic mass is 16.5. The van der Waals surface area contributed by atoms with Gasteiger partial charge in [-0.25, -0.2) is 0 Å². The summed E-state index contributed by atoms with van der Waals surface area (Å²) in [6.45, 7) is 0.451. The highest BCUT2D eigenvalue weighted by Gasteiger charge is 2.56. The van der Waals surface area contributed by atoms with E-state index in [0.717, 1.165) is 11.3 Å². The van der Waals surface area contributed by atoms with Crippen molar-refractivity contribution in [3.05, 3.63) is 48.0 Å². The number of carbonyl (C=O) groups excluding carboxylic acids is 2. The summed E-state index contributed by atoms with van der Waals surface area (Å²) in [5.74, 6) is 1.31. The first-order valence-corrected chi connectivity index (χ1v) is 9.47. The van der Waals surface area contributed by atoms with Gasteiger partial charge in [0.25, 0.3) is 0 Å². The monoisotopic (exact) mass is 398 g/mol. The molecule has 0 unspecified atom stereocenters. The Morgan fingerprint density at radius 2 is 1.66 bits per heavy atom. The number of rotatable bonds is 9. The summed E-state index contributed by atoms with van der Waals surface area (Å²) >= 11 is 0. The summed E-state index contributed by atoms with van der Waals surface area (Å²) in [5.41, 5.74) is 0.551. The molecule has 1 aliphatic carbocycles. The molecule has 2 amide bonds. The number of hydrogen-bond acceptors (Lipinski definition) is 5. The van der Waals surface area contributed by atoms with Crippen molar-refractivity contribution >= 4 is 17.5 Å². The molecule has 0 atom stereocenters. The molecule has 2 aromatic carbocycles. The zero-order chi connectivity index (χ0) is 20.9. The SMILES string of the molecule is COc1cccc(CCNC(=O)C2(C(=O)Nc3ccc(OC)cc3OC)CC2)c1. The third kappa shape index (κ3) is 4.62. The first-order chi connectivity index (χ1) is 14.0. The lowest BCUT2D eigenvalue weighted by molar-refractivity contribution is -0.134. The summed E-state index contributed by atoms with van der Waals surface area (Å²) in [4.78, 5) is 25.5. The zero-order valence-corrected chi connectivity index (χ0v) is 16.9. The lowest BCUT2D eigenvalue weighted by Crippen LogP contribution is -2.40. The largest absolute Gasteiger partial charge is 0.497 e. The second kappa shape index (κ2) is 8.86. The third-order valence-electron chi connectivity index (χ3n) is 5.11. The molecule has 7 nitrogen and oxygen atoms in total. The minimum atomic E-state index is -1.01. The van der Waals surface area contributed by atoms with E-state index in [1.165, 1.54) is 7.11 Å². The Morgan fingerprint density at radius 3 is 2.31 bits per heavy atom. The van der Waals surface area contributed by atoms with Crippen molar-refractivity contribution in [1.82, 2.24) is 5.32 Å². The fourth-order valence-corrected chi connectivity index (χ4v) is 3.14. The molecule has 3 rings (SSSR count). The van der Waals surface area contributed by atoms with E-state index in [0.29, 0.717) is 43.0 Å². The quantitative estimate of drug-likeness (QED) is 0.635. The van der Waals surface area contributed by atoms with Gasteiger partial charge in [0.15, 0.2) is 0 Å². The van der Waals surface area contributed by atoms with Crippen LogP contribution in [0.3, 0.4) is 0 Å². The van der Waals surface area contributed by atoms with Gasteiger partial charge < -0.3 is 24.8 Å². The molecule has 2 aromatic rings. The van der Waals surface area contributed by atoms with Gasteiger partial charge >= 0.3 is 0 Å². The van der Waals surface area contributed by atoms with Gasteiger partial charge in [-0.2, -0.15) is 0 Å². The molecule has 0 saturated heterocycles. The number of nitrogens with one attached hydrogen (secondary N) is 2. The van der Waals surface area contributed by atoms with Gasteiger partial charge in [-0.1, -0.05) is 12.1 Å². The summed E-state index contributed by atoms with van der Waals surface area (Å²) < 4.78 is 15.7. The maximum atomic E-state index is 12.8. The molecule has 1 saturated carbocycles. The predicted octanol–water partition coefficient (Wildman–Crippen LogP) is 2.79. The van der Waals surface area contributed by atoms with Crippen molar-refractivity contribution in [3.63, 3.8) is 0 Å². The Morgan fingerprint density at radius 1 is 0.931 bits per heavy atom. The highest BCUT2D eigenvalue weighted by Crippen LogP contribution is 2.47. The first-order valence-electron chi connectivity index (χ1n) is 9.47. The van der Waals surface area contributed by atoms with Crippen LogP contribution in [0, 0.1) is 5.41 Å². The van der Waals surface area contributed by atoms with Gasteiger partial charge in [-0.05, 0) is 49.1 Å². The number of benzene rings is 2. The lowest BCUT2D eigenvalue weighted by atomic mass is 10.0. The number of ether oxygens (including phenoxy) is 3. The van der Waals surface area contributed by atoms with Crippen molar-refractivity contribution in [2.75, 3.05) is 33.2 Å². The topological polar surface area (TPSA) is 85.9 Å². The average molecular weight is 398 g/mol. The molecular weight excluding hydrogens is 372 g/mol. The molecule has 0 heterocycles. The molecule has 1 aliphatic rings. The maximum Gasteiger partial charge on any atom is 0.240 e. The van der Waals surface area contributed by atoms with E-state index in [-0.39, 0.29) is 11.8 Å². The van der Waals surface area contributed by atoms with Crippen LogP contribution in [0.1, 0.15) is 18.4 Å². The first kappa shape index (κ1) is 20.5. The van der Waals surface area contributed by atoms with E-state index in [9.17, 15) is 9.59 Å². The van der Waals surface area contributed by atoms with Crippen LogP contribution in [0.15, 0.2) is 42.5 Å². The number of methoxy groups -OCH3 is 3. The molecule has 0 radical (unpaired) electrons. The number of carbonyl (C=O) groups is 2. The van der Waals surface area contributed by atoms with Crippen LogP contribution in [-0.4, -0.2) is 39.7 Å². The van der Waals surface area contributed by atoms with Crippen LogP contribution in [0.4, 0.5) is 5.69 Å². The summed E-state index contributed by atoms with van der Waals surface area (Å²) in [7, 11) is 4.69. The Balaban J connectivity index is 1.58. The van der Waals surface area contributed by atoms with Crippen LogP contribution in [-0.2, 0) is 16.0 Å². The van der Waals surface area contributed by atoms with Crippen molar-refractivity contribution in [2.45, 2.75) is 19.3 Å². The van der Waals surface area contributed by atoms with E-state index in [4.69, 9.17) is 14.2 Å². The van der Waals surface area contributed by atoms with E-state index >= 15 is 0 Å². The Labute approximate surface area is 170 Å². The smallest absolute Gasteiger partial charge is 0.240 e. The van der Waals surface area contributed by atoms with Crippen LogP contribution < -0.4 is 24.8 Å². The molecule has 29 heavy (non-hydrogen) atoms. The van der Waals surface area contributed by atoms with Crippen molar-refractivity contribution in [1.29, 1.82) is 0 Å². The van der Waals surface area contributed by atoms with Crippen molar-refractivity contribution in [2.24, 2.45) is 5.41 Å². The molecule has 0 spiro atoms. The Hall–Kier alpha value is -3.22. The third-order valence-corrected chi connectivity index (χ3v) is 5.11. The van der Waals surface area contributed by atoms with Crippen LogP contribution in [0.25, 0.3) is 0 Å². The molecule has 7 heteroatoms. The minimum absolute atomic E-state index is 0.245. The molecule has 1 fully saturated rings. The Kier molecular flexibility index (Phi) is 6.26. The van der Waals surface area contributed by atoms with Gasteiger partial charge in [0.1, 0.15) is 22.7 Å². The minimum Gasteiger partial charge on any atom is -0.497 e. The lowest BCUT2D eigenvalue weighted by Gasteiger charge is -2.17. The van der Waals surface area contributed by atoms with E-state index in [1.807, 2.05) is 24.3 Å². The van der Waals surface area contributed by atoms with E-state index in [2.05, 4.69) is 10.6 Å². The van der Waals surface area contributed by atoms with Crippen LogP contribution in [0.2, 0.25) is 0 Å². The molecule has 0 bridgehead atoms. The summed E-state index contributed by atoms with van der Waals surface area (Å²) in [6.07, 6.45) is 1.72. The molecular formula is C22H26N2O5. The summed E-state index contributed by atoms with van der Waals surface area (Å²) in [5, 5.41) is 5.72. The number of hydrogen-bond donors (Lipinski definition) is 2. The van der Waals surface area contributed by atoms with Gasteiger partial charge in [-0.15, -0.1) is 0 Å². The Bertz CT molecular complexity index is 893. The molecule has 0 aliphatic heterocycles. The second-order valence-electron chi connectivity index (χ2n) is 6.96.